The number of carbonyl (C=O) groups excluding carboxylic acids is 1. The number of phenols is 1. The van der Waals surface area contributed by atoms with Gasteiger partial charge >= 0.3 is 0 Å². The number of hydrogen-bond donors (Lipinski definition) is 2. The van der Waals surface area contributed by atoms with Crippen LogP contribution in [0.5, 0.6) is 5.75 Å². The van der Waals surface area contributed by atoms with Crippen molar-refractivity contribution in [1.82, 2.24) is 10.2 Å². The van der Waals surface area contributed by atoms with Crippen molar-refractivity contribution in [3.63, 3.8) is 0 Å². The molecular weight excluding hydrogens is 240 g/mol. The normalized spacial score (nSPS) is 13.9. The molecule has 4 nitrogen and oxygen atoms in total. The van der Waals surface area contributed by atoms with Crippen LogP contribution in [-0.2, 0) is 4.79 Å². The van der Waals surface area contributed by atoms with Gasteiger partial charge in [0.15, 0.2) is 0 Å². The minimum atomic E-state index is -0.278. The van der Waals surface area contributed by atoms with Crippen molar-refractivity contribution < 1.29 is 9.90 Å². The van der Waals surface area contributed by atoms with Crippen molar-refractivity contribution in [3.8, 4) is 5.75 Å². The molecule has 19 heavy (non-hydrogen) atoms. The first-order valence-corrected chi connectivity index (χ1v) is 6.67. The number of nitrogens with zero attached hydrogens (tertiary/aromatic N) is 1. The zero-order valence-corrected chi connectivity index (χ0v) is 12.4. The predicted molar refractivity (Wildman–Crippen MR) is 77.2 cm³/mol. The van der Waals surface area contributed by atoms with Crippen molar-refractivity contribution in [2.75, 3.05) is 13.6 Å². The van der Waals surface area contributed by atoms with Crippen LogP contribution in [0.4, 0.5) is 0 Å². The van der Waals surface area contributed by atoms with E-state index >= 15 is 0 Å². The molecular formula is C15H24N2O2. The summed E-state index contributed by atoms with van der Waals surface area (Å²) < 4.78 is 0. The number of aromatic hydroxyl groups is 1. The van der Waals surface area contributed by atoms with Gasteiger partial charge in [0.2, 0.25) is 5.91 Å². The lowest BCUT2D eigenvalue weighted by atomic mass is 10.0. The van der Waals surface area contributed by atoms with Gasteiger partial charge in [-0.1, -0.05) is 17.7 Å². The Morgan fingerprint density at radius 1 is 1.42 bits per heavy atom. The fourth-order valence-electron chi connectivity index (χ4n) is 2.04. The van der Waals surface area contributed by atoms with Gasteiger partial charge in [-0.3, -0.25) is 10.1 Å². The summed E-state index contributed by atoms with van der Waals surface area (Å²) in [7, 11) is 1.79. The van der Waals surface area contributed by atoms with E-state index in [1.807, 2.05) is 39.8 Å². The summed E-state index contributed by atoms with van der Waals surface area (Å²) in [5.74, 6) is 0.315. The molecule has 106 valence electrons. The third-order valence-corrected chi connectivity index (χ3v) is 3.37. The molecule has 0 heterocycles. The lowest BCUT2D eigenvalue weighted by molar-refractivity contribution is -0.131. The van der Waals surface area contributed by atoms with Crippen LogP contribution < -0.4 is 5.32 Å². The highest BCUT2D eigenvalue weighted by Crippen LogP contribution is 2.25. The minimum Gasteiger partial charge on any atom is -0.508 e. The SMILES string of the molecule is CCN(C)C(=O)C(C)NC(C)c1cc(C)ccc1O. The number of carbonyl (C=O) groups is 1. The average molecular weight is 264 g/mol. The first-order valence-electron chi connectivity index (χ1n) is 6.67. The van der Waals surface area contributed by atoms with Crippen molar-refractivity contribution in [2.45, 2.75) is 39.8 Å². The summed E-state index contributed by atoms with van der Waals surface area (Å²) in [5, 5.41) is 13.1. The fraction of sp³-hybridized carbons (Fsp3) is 0.533. The Balaban J connectivity index is 2.76. The van der Waals surface area contributed by atoms with Crippen LogP contribution in [0.15, 0.2) is 18.2 Å². The number of likely N-dealkylation sites (N-methyl/N-ethyl adjacent to an activating group) is 1. The maximum atomic E-state index is 12.0. The van der Waals surface area contributed by atoms with Gasteiger partial charge in [-0.25, -0.2) is 0 Å². The Labute approximate surface area is 115 Å². The van der Waals surface area contributed by atoms with Gasteiger partial charge in [-0.2, -0.15) is 0 Å². The summed E-state index contributed by atoms with van der Waals surface area (Å²) in [5.41, 5.74) is 1.91. The highest BCUT2D eigenvalue weighted by Gasteiger charge is 2.20. The first kappa shape index (κ1) is 15.5. The summed E-state index contributed by atoms with van der Waals surface area (Å²) in [4.78, 5) is 13.7. The van der Waals surface area contributed by atoms with Crippen LogP contribution in [-0.4, -0.2) is 35.5 Å². The van der Waals surface area contributed by atoms with Gasteiger partial charge in [0.25, 0.3) is 0 Å². The van der Waals surface area contributed by atoms with E-state index < -0.39 is 0 Å². The van der Waals surface area contributed by atoms with E-state index in [1.54, 1.807) is 18.0 Å². The Hall–Kier alpha value is -1.55. The molecule has 0 aliphatic rings. The molecule has 0 radical (unpaired) electrons. The molecule has 0 bridgehead atoms. The molecule has 0 aliphatic heterocycles. The van der Waals surface area contributed by atoms with Gasteiger partial charge in [0.05, 0.1) is 6.04 Å². The Morgan fingerprint density at radius 3 is 2.63 bits per heavy atom. The molecule has 1 aromatic rings. The second-order valence-corrected chi connectivity index (χ2v) is 5.02. The molecule has 0 aromatic heterocycles. The summed E-state index contributed by atoms with van der Waals surface area (Å²) in [6.45, 7) is 8.41. The Morgan fingerprint density at radius 2 is 2.05 bits per heavy atom. The first-order chi connectivity index (χ1) is 8.86. The van der Waals surface area contributed by atoms with E-state index in [2.05, 4.69) is 5.32 Å². The van der Waals surface area contributed by atoms with Crippen molar-refractivity contribution in [3.05, 3.63) is 29.3 Å². The van der Waals surface area contributed by atoms with Crippen LogP contribution in [0.1, 0.15) is 37.9 Å². The van der Waals surface area contributed by atoms with E-state index in [0.717, 1.165) is 11.1 Å². The van der Waals surface area contributed by atoms with Crippen LogP contribution in [0.2, 0.25) is 0 Å². The van der Waals surface area contributed by atoms with E-state index in [-0.39, 0.29) is 23.7 Å². The Bertz CT molecular complexity index is 446. The van der Waals surface area contributed by atoms with Crippen molar-refractivity contribution in [2.24, 2.45) is 0 Å². The van der Waals surface area contributed by atoms with Crippen LogP contribution in [0.3, 0.4) is 0 Å². The fourth-order valence-corrected chi connectivity index (χ4v) is 2.04. The molecule has 2 atom stereocenters. The molecule has 0 saturated carbocycles. The van der Waals surface area contributed by atoms with Gasteiger partial charge in [-0.05, 0) is 33.8 Å². The van der Waals surface area contributed by atoms with E-state index in [0.29, 0.717) is 6.54 Å². The summed E-state index contributed by atoms with van der Waals surface area (Å²) in [6, 6.07) is 5.13. The smallest absolute Gasteiger partial charge is 0.239 e. The lowest BCUT2D eigenvalue weighted by Gasteiger charge is -2.24. The largest absolute Gasteiger partial charge is 0.508 e. The lowest BCUT2D eigenvalue weighted by Crippen LogP contribution is -2.43. The Kier molecular flexibility index (Phi) is 5.36. The maximum absolute atomic E-state index is 12.0. The third kappa shape index (κ3) is 3.96. The molecule has 4 heteroatoms. The van der Waals surface area contributed by atoms with Crippen molar-refractivity contribution >= 4 is 5.91 Å². The highest BCUT2D eigenvalue weighted by molar-refractivity contribution is 5.81. The number of benzene rings is 1. The molecule has 0 aliphatic carbocycles. The maximum Gasteiger partial charge on any atom is 0.239 e. The van der Waals surface area contributed by atoms with Gasteiger partial charge in [-0.15, -0.1) is 0 Å². The number of phenolic OH excluding ortho intramolecular Hbond substituents is 1. The zero-order chi connectivity index (χ0) is 14.6. The van der Waals surface area contributed by atoms with E-state index in [4.69, 9.17) is 0 Å². The highest BCUT2D eigenvalue weighted by atomic mass is 16.3. The summed E-state index contributed by atoms with van der Waals surface area (Å²) in [6.07, 6.45) is 0. The molecule has 0 spiro atoms. The quantitative estimate of drug-likeness (QED) is 0.857. The number of rotatable bonds is 5. The van der Waals surface area contributed by atoms with Crippen LogP contribution in [0, 0.1) is 6.92 Å². The second-order valence-electron chi connectivity index (χ2n) is 5.02. The monoisotopic (exact) mass is 264 g/mol. The number of aryl methyl sites for hydroxylation is 1. The zero-order valence-electron chi connectivity index (χ0n) is 12.4. The molecule has 2 N–H and O–H groups in total. The predicted octanol–water partition coefficient (Wildman–Crippen LogP) is 2.22. The molecule has 2 unspecified atom stereocenters. The minimum absolute atomic E-state index is 0.0569. The number of amides is 1. The summed E-state index contributed by atoms with van der Waals surface area (Å²) >= 11 is 0. The molecule has 1 amide bonds. The average Bonchev–Trinajstić information content (AvgIpc) is 2.39. The number of nitrogens with one attached hydrogen (secondary N) is 1. The van der Waals surface area contributed by atoms with Crippen LogP contribution >= 0.6 is 0 Å². The third-order valence-electron chi connectivity index (χ3n) is 3.37. The van der Waals surface area contributed by atoms with Crippen LogP contribution in [0.25, 0.3) is 0 Å². The van der Waals surface area contributed by atoms with E-state index in [1.165, 1.54) is 0 Å². The molecule has 0 fully saturated rings. The standard InChI is InChI=1S/C15H24N2O2/c1-6-17(5)15(19)12(4)16-11(3)13-9-10(2)7-8-14(13)18/h7-9,11-12,16,18H,6H2,1-5H3. The van der Waals surface area contributed by atoms with Gasteiger partial charge in [0.1, 0.15) is 5.75 Å². The molecule has 1 rings (SSSR count). The van der Waals surface area contributed by atoms with Gasteiger partial charge in [0, 0.05) is 25.2 Å². The second kappa shape index (κ2) is 6.57. The van der Waals surface area contributed by atoms with Crippen molar-refractivity contribution in [1.29, 1.82) is 0 Å². The molecule has 0 saturated heterocycles. The number of hydrogen-bond acceptors (Lipinski definition) is 3. The van der Waals surface area contributed by atoms with Gasteiger partial charge < -0.3 is 10.0 Å². The molecule has 1 aromatic carbocycles. The van der Waals surface area contributed by atoms with E-state index in [9.17, 15) is 9.90 Å². The topological polar surface area (TPSA) is 52.6 Å².